The number of benzene rings is 2. The summed E-state index contributed by atoms with van der Waals surface area (Å²) in [6, 6.07) is 13.9. The van der Waals surface area contributed by atoms with E-state index < -0.39 is 10.0 Å². The molecule has 3 aliphatic heterocycles. The fraction of sp³-hybridized carbons (Fsp3) is 0.286. The van der Waals surface area contributed by atoms with Gasteiger partial charge >= 0.3 is 0 Å². The number of nitrogens with zero attached hydrogens (tertiary/aromatic N) is 4. The highest BCUT2D eigenvalue weighted by Gasteiger charge is 2.34. The van der Waals surface area contributed by atoms with Gasteiger partial charge in [-0.25, -0.2) is 0 Å². The van der Waals surface area contributed by atoms with Crippen molar-refractivity contribution in [2.24, 2.45) is 4.40 Å². The van der Waals surface area contributed by atoms with Gasteiger partial charge in [0.25, 0.3) is 15.9 Å². The first-order valence-corrected chi connectivity index (χ1v) is 11.4. The van der Waals surface area contributed by atoms with Gasteiger partial charge in [-0.1, -0.05) is 24.3 Å². The molecule has 3 heterocycles. The van der Waals surface area contributed by atoms with Crippen molar-refractivity contribution < 1.29 is 22.7 Å². The van der Waals surface area contributed by atoms with Crippen LogP contribution in [0.1, 0.15) is 5.56 Å². The third-order valence-corrected chi connectivity index (χ3v) is 6.97. The van der Waals surface area contributed by atoms with Crippen molar-refractivity contribution >= 4 is 33.4 Å². The van der Waals surface area contributed by atoms with Gasteiger partial charge in [0.05, 0.1) is 5.69 Å². The first-order valence-electron chi connectivity index (χ1n) is 9.93. The zero-order chi connectivity index (χ0) is 21.6. The molecule has 0 atom stereocenters. The van der Waals surface area contributed by atoms with Gasteiger partial charge in [0.15, 0.2) is 12.4 Å². The van der Waals surface area contributed by atoms with Crippen LogP contribution in [0.5, 0.6) is 5.75 Å². The van der Waals surface area contributed by atoms with Crippen LogP contribution in [0.2, 0.25) is 0 Å². The Hall–Kier alpha value is -3.40. The number of fused-ring (bicyclic) bond motifs is 2. The number of amidine groups is 1. The van der Waals surface area contributed by atoms with E-state index in [1.54, 1.807) is 47.4 Å². The maximum atomic E-state index is 12.9. The molecule has 31 heavy (non-hydrogen) atoms. The molecule has 0 aromatic heterocycles. The monoisotopic (exact) mass is 440 g/mol. The Morgan fingerprint density at radius 3 is 2.52 bits per heavy atom. The van der Waals surface area contributed by atoms with Gasteiger partial charge in [-0.2, -0.15) is 8.42 Å². The van der Waals surface area contributed by atoms with Crippen LogP contribution in [-0.4, -0.2) is 75.2 Å². The summed E-state index contributed by atoms with van der Waals surface area (Å²) in [5.41, 5.74) is 1.19. The summed E-state index contributed by atoms with van der Waals surface area (Å²) in [7, 11) is -3.68. The Morgan fingerprint density at radius 1 is 1.00 bits per heavy atom. The van der Waals surface area contributed by atoms with E-state index >= 15 is 0 Å². The van der Waals surface area contributed by atoms with Crippen LogP contribution in [0.4, 0.5) is 5.69 Å². The quantitative estimate of drug-likeness (QED) is 0.682. The molecule has 160 valence electrons. The average molecular weight is 440 g/mol. The standard InChI is InChI=1S/C21H20N4O5S/c26-19(13-25-16-6-2-3-7-17(16)30-14-20(25)27)23-9-11-24(12-10-23)21-15-5-1-4-8-18(15)31(28,29)22-21/h1-8H,9-14H2. The molecule has 1 saturated heterocycles. The predicted octanol–water partition coefficient (Wildman–Crippen LogP) is 0.705. The van der Waals surface area contributed by atoms with E-state index in [4.69, 9.17) is 4.74 Å². The molecule has 0 saturated carbocycles. The lowest BCUT2D eigenvalue weighted by Gasteiger charge is -2.37. The number of amides is 2. The molecular formula is C21H20N4O5S. The van der Waals surface area contributed by atoms with E-state index in [-0.39, 0.29) is 29.9 Å². The molecule has 0 spiro atoms. The summed E-state index contributed by atoms with van der Waals surface area (Å²) in [6.45, 7) is 1.60. The third kappa shape index (κ3) is 3.42. The van der Waals surface area contributed by atoms with E-state index in [0.717, 1.165) is 0 Å². The zero-order valence-corrected chi connectivity index (χ0v) is 17.4. The maximum absolute atomic E-state index is 12.9. The van der Waals surface area contributed by atoms with Crippen LogP contribution in [0.3, 0.4) is 0 Å². The van der Waals surface area contributed by atoms with Gasteiger partial charge in [-0.05, 0) is 24.3 Å². The van der Waals surface area contributed by atoms with E-state index in [2.05, 4.69) is 4.40 Å². The smallest absolute Gasteiger partial charge is 0.285 e. The normalized spacial score (nSPS) is 19.4. The number of piperazine rings is 1. The second-order valence-corrected chi connectivity index (χ2v) is 9.06. The molecule has 9 nitrogen and oxygen atoms in total. The summed E-state index contributed by atoms with van der Waals surface area (Å²) in [6.07, 6.45) is 0. The minimum absolute atomic E-state index is 0.0582. The molecule has 0 N–H and O–H groups in total. The molecule has 10 heteroatoms. The third-order valence-electron chi connectivity index (χ3n) is 5.65. The number of carbonyl (C=O) groups is 2. The van der Waals surface area contributed by atoms with Crippen molar-refractivity contribution in [3.05, 3.63) is 54.1 Å². The number of ether oxygens (including phenoxy) is 1. The second-order valence-electron chi connectivity index (χ2n) is 7.49. The van der Waals surface area contributed by atoms with Crippen LogP contribution in [0, 0.1) is 0 Å². The minimum Gasteiger partial charge on any atom is -0.482 e. The van der Waals surface area contributed by atoms with Crippen molar-refractivity contribution in [1.82, 2.24) is 9.80 Å². The summed E-state index contributed by atoms with van der Waals surface area (Å²) >= 11 is 0. The fourth-order valence-electron chi connectivity index (χ4n) is 4.05. The molecule has 0 radical (unpaired) electrons. The Morgan fingerprint density at radius 2 is 1.71 bits per heavy atom. The Kier molecular flexibility index (Phi) is 4.66. The van der Waals surface area contributed by atoms with Gasteiger partial charge in [-0.3, -0.25) is 14.5 Å². The van der Waals surface area contributed by atoms with Gasteiger partial charge in [0, 0.05) is 31.7 Å². The van der Waals surface area contributed by atoms with Gasteiger partial charge in [0.1, 0.15) is 17.2 Å². The van der Waals surface area contributed by atoms with Crippen molar-refractivity contribution in [1.29, 1.82) is 0 Å². The highest BCUT2D eigenvalue weighted by atomic mass is 32.2. The van der Waals surface area contributed by atoms with Crippen LogP contribution < -0.4 is 9.64 Å². The van der Waals surface area contributed by atoms with Gasteiger partial charge in [-0.15, -0.1) is 4.40 Å². The van der Waals surface area contributed by atoms with Crippen molar-refractivity contribution in [3.8, 4) is 5.75 Å². The number of rotatable bonds is 2. The lowest BCUT2D eigenvalue weighted by atomic mass is 10.1. The van der Waals surface area contributed by atoms with Crippen molar-refractivity contribution in [2.75, 3.05) is 44.2 Å². The van der Waals surface area contributed by atoms with Crippen LogP contribution >= 0.6 is 0 Å². The van der Waals surface area contributed by atoms with Crippen molar-refractivity contribution in [2.45, 2.75) is 4.90 Å². The topological polar surface area (TPSA) is 99.6 Å². The van der Waals surface area contributed by atoms with Crippen LogP contribution in [-0.2, 0) is 19.6 Å². The second kappa shape index (κ2) is 7.38. The molecule has 2 aromatic carbocycles. The van der Waals surface area contributed by atoms with Crippen LogP contribution in [0.25, 0.3) is 0 Å². The number of para-hydroxylation sites is 2. The number of anilines is 1. The Bertz CT molecular complexity index is 1200. The first kappa shape index (κ1) is 19.6. The lowest BCUT2D eigenvalue weighted by molar-refractivity contribution is -0.133. The Labute approximate surface area is 179 Å². The van der Waals surface area contributed by atoms with E-state index in [1.165, 1.54) is 4.90 Å². The Balaban J connectivity index is 1.27. The summed E-state index contributed by atoms with van der Waals surface area (Å²) in [4.78, 5) is 30.5. The molecule has 0 unspecified atom stereocenters. The number of hydrogen-bond acceptors (Lipinski definition) is 6. The van der Waals surface area contributed by atoms with E-state index in [0.29, 0.717) is 49.0 Å². The molecular weight excluding hydrogens is 420 g/mol. The molecule has 0 bridgehead atoms. The van der Waals surface area contributed by atoms with Gasteiger partial charge < -0.3 is 14.5 Å². The van der Waals surface area contributed by atoms with E-state index in [1.807, 2.05) is 11.0 Å². The molecule has 0 aliphatic carbocycles. The highest BCUT2D eigenvalue weighted by molar-refractivity contribution is 7.90. The SMILES string of the molecule is O=C(CN1C(=O)COc2ccccc21)N1CCN(C2=NS(=O)(=O)c3ccccc32)CC1. The fourth-order valence-corrected chi connectivity index (χ4v) is 5.27. The van der Waals surface area contributed by atoms with Crippen LogP contribution in [0.15, 0.2) is 57.8 Å². The van der Waals surface area contributed by atoms with E-state index in [9.17, 15) is 18.0 Å². The molecule has 3 aliphatic rings. The largest absolute Gasteiger partial charge is 0.482 e. The van der Waals surface area contributed by atoms with Crippen molar-refractivity contribution in [3.63, 3.8) is 0 Å². The lowest BCUT2D eigenvalue weighted by Crippen LogP contribution is -2.53. The van der Waals surface area contributed by atoms with Gasteiger partial charge in [0.2, 0.25) is 5.91 Å². The summed E-state index contributed by atoms with van der Waals surface area (Å²) < 4.78 is 34.0. The maximum Gasteiger partial charge on any atom is 0.285 e. The summed E-state index contributed by atoms with van der Waals surface area (Å²) in [5.74, 6) is 0.595. The zero-order valence-electron chi connectivity index (χ0n) is 16.6. The first-order chi connectivity index (χ1) is 14.9. The average Bonchev–Trinajstić information content (AvgIpc) is 3.07. The minimum atomic E-state index is -3.68. The number of carbonyl (C=O) groups excluding carboxylic acids is 2. The summed E-state index contributed by atoms with van der Waals surface area (Å²) in [5, 5.41) is 0. The molecule has 2 aromatic rings. The molecule has 5 rings (SSSR count). The predicted molar refractivity (Wildman–Crippen MR) is 113 cm³/mol. The molecule has 1 fully saturated rings. The highest BCUT2D eigenvalue weighted by Crippen LogP contribution is 2.31. The number of hydrogen-bond donors (Lipinski definition) is 0. The number of sulfonamides is 1. The molecule has 2 amide bonds.